The molecule has 3 aromatic rings. The Morgan fingerprint density at radius 3 is 2.60 bits per heavy atom. The molecule has 2 unspecified atom stereocenters. The summed E-state index contributed by atoms with van der Waals surface area (Å²) in [6.45, 7) is 5.61. The van der Waals surface area contributed by atoms with Crippen molar-refractivity contribution in [3.05, 3.63) is 49.3 Å². The van der Waals surface area contributed by atoms with Gasteiger partial charge in [-0.1, -0.05) is 0 Å². The maximum Gasteiger partial charge on any atom is 0.144 e. The quantitative estimate of drug-likeness (QED) is 0.600. The zero-order chi connectivity index (χ0) is 20.8. The van der Waals surface area contributed by atoms with Gasteiger partial charge in [0.1, 0.15) is 11.6 Å². The molecule has 2 aliphatic rings. The molecule has 7 heteroatoms. The number of piperidine rings is 1. The van der Waals surface area contributed by atoms with E-state index in [0.717, 1.165) is 18.1 Å². The molecule has 3 N–H and O–H groups in total. The van der Waals surface area contributed by atoms with Crippen LogP contribution in [-0.4, -0.2) is 42.2 Å². The van der Waals surface area contributed by atoms with E-state index in [2.05, 4.69) is 39.4 Å². The van der Waals surface area contributed by atoms with Crippen molar-refractivity contribution < 1.29 is 5.11 Å². The van der Waals surface area contributed by atoms with Crippen LogP contribution in [0.3, 0.4) is 0 Å². The fourth-order valence-corrected chi connectivity index (χ4v) is 5.32. The van der Waals surface area contributed by atoms with Gasteiger partial charge in [-0.2, -0.15) is 0 Å². The maximum absolute atomic E-state index is 10.5. The van der Waals surface area contributed by atoms with Gasteiger partial charge in [0.15, 0.2) is 0 Å². The van der Waals surface area contributed by atoms with Gasteiger partial charge in [-0.05, 0) is 57.6 Å². The summed E-state index contributed by atoms with van der Waals surface area (Å²) >= 11 is 0. The summed E-state index contributed by atoms with van der Waals surface area (Å²) in [5, 5.41) is 17.8. The van der Waals surface area contributed by atoms with Crippen LogP contribution in [0.5, 0.6) is 5.75 Å². The Labute approximate surface area is 176 Å². The summed E-state index contributed by atoms with van der Waals surface area (Å²) in [7, 11) is 0. The lowest BCUT2D eigenvalue weighted by Gasteiger charge is -2.42. The lowest BCUT2D eigenvalue weighted by atomic mass is 9.80. The molecule has 5 rings (SSSR count). The third-order valence-corrected chi connectivity index (χ3v) is 6.59. The lowest BCUT2D eigenvalue weighted by Crippen LogP contribution is -2.54. The van der Waals surface area contributed by atoms with Gasteiger partial charge in [0.05, 0.1) is 30.1 Å². The molecule has 30 heavy (non-hydrogen) atoms. The number of nitrogens with one attached hydrogen (secondary N) is 2. The van der Waals surface area contributed by atoms with E-state index < -0.39 is 0 Å². The highest BCUT2D eigenvalue weighted by Crippen LogP contribution is 2.44. The van der Waals surface area contributed by atoms with Crippen LogP contribution in [0.15, 0.2) is 49.3 Å². The number of anilines is 1. The largest absolute Gasteiger partial charge is 0.507 e. The number of phenolic OH excluding ortho intramolecular Hbond substituents is 1. The van der Waals surface area contributed by atoms with E-state index in [1.54, 1.807) is 31.0 Å². The van der Waals surface area contributed by atoms with E-state index in [1.807, 2.05) is 22.9 Å². The highest BCUT2D eigenvalue weighted by atomic mass is 16.3. The number of phenols is 1. The van der Waals surface area contributed by atoms with Gasteiger partial charge < -0.3 is 20.3 Å². The predicted octanol–water partition coefficient (Wildman–Crippen LogP) is 3.76. The minimum atomic E-state index is 0.169. The summed E-state index contributed by atoms with van der Waals surface area (Å²) in [4.78, 5) is 13.1. The summed E-state index contributed by atoms with van der Waals surface area (Å²) < 4.78 is 1.84. The molecule has 2 aromatic heterocycles. The number of hydrogen-bond acceptors (Lipinski definition) is 6. The van der Waals surface area contributed by atoms with Crippen molar-refractivity contribution >= 4 is 5.82 Å². The molecule has 0 aliphatic carbocycles. The number of aromatic hydroxyl groups is 1. The number of aromatic nitrogens is 4. The smallest absolute Gasteiger partial charge is 0.144 e. The summed E-state index contributed by atoms with van der Waals surface area (Å²) in [5.41, 5.74) is 2.70. The van der Waals surface area contributed by atoms with Crippen molar-refractivity contribution in [2.24, 2.45) is 5.92 Å². The first-order valence-electron chi connectivity index (χ1n) is 10.6. The number of rotatable bonds is 5. The summed E-state index contributed by atoms with van der Waals surface area (Å²) in [6.07, 6.45) is 13.6. The van der Waals surface area contributed by atoms with E-state index in [0.29, 0.717) is 17.2 Å². The first-order valence-corrected chi connectivity index (χ1v) is 10.6. The molecule has 156 valence electrons. The van der Waals surface area contributed by atoms with Crippen LogP contribution in [0.2, 0.25) is 0 Å². The molecule has 1 aromatic carbocycles. The van der Waals surface area contributed by atoms with Gasteiger partial charge in [-0.3, -0.25) is 4.98 Å². The number of hydrogen-bond donors (Lipinski definition) is 3. The lowest BCUT2D eigenvalue weighted by molar-refractivity contribution is 0.178. The second-order valence-corrected chi connectivity index (χ2v) is 9.36. The summed E-state index contributed by atoms with van der Waals surface area (Å²) in [6, 6.07) is 5.49. The Hall–Kier alpha value is -2.93. The van der Waals surface area contributed by atoms with Crippen molar-refractivity contribution in [3.8, 4) is 22.7 Å². The topological polar surface area (TPSA) is 87.9 Å². The van der Waals surface area contributed by atoms with Crippen LogP contribution in [0.25, 0.3) is 16.9 Å². The zero-order valence-corrected chi connectivity index (χ0v) is 17.5. The Morgan fingerprint density at radius 1 is 1.17 bits per heavy atom. The maximum atomic E-state index is 10.5. The van der Waals surface area contributed by atoms with Crippen LogP contribution >= 0.6 is 0 Å². The number of nitrogens with zero attached hydrogens (tertiary/aromatic N) is 4. The highest BCUT2D eigenvalue weighted by molar-refractivity contribution is 5.68. The molecule has 4 heterocycles. The molecular weight excluding hydrogens is 376 g/mol. The van der Waals surface area contributed by atoms with Crippen molar-refractivity contribution in [1.82, 2.24) is 24.8 Å². The van der Waals surface area contributed by atoms with Gasteiger partial charge >= 0.3 is 0 Å². The fraction of sp³-hybridized carbons (Fsp3) is 0.435. The molecule has 7 nitrogen and oxygen atoms in total. The molecular formula is C23H28N6O. The molecule has 0 radical (unpaired) electrons. The van der Waals surface area contributed by atoms with Gasteiger partial charge in [-0.15, -0.1) is 0 Å². The Balaban J connectivity index is 1.25. The van der Waals surface area contributed by atoms with Gasteiger partial charge in [0, 0.05) is 41.6 Å². The SMILES string of the molecule is CC12CCC(C)(CC(CNc3cnc(-c4ccc(-n5ccnc5)cc4O)cn3)C1)N2. The van der Waals surface area contributed by atoms with Crippen LogP contribution in [-0.2, 0) is 0 Å². The molecule has 2 saturated heterocycles. The van der Waals surface area contributed by atoms with E-state index >= 15 is 0 Å². The third kappa shape index (κ3) is 3.65. The fourth-order valence-electron chi connectivity index (χ4n) is 5.32. The minimum absolute atomic E-state index is 0.169. The Bertz CT molecular complexity index is 1020. The third-order valence-electron chi connectivity index (χ3n) is 6.59. The average molecular weight is 405 g/mol. The highest BCUT2D eigenvalue weighted by Gasteiger charge is 2.48. The normalized spacial score (nSPS) is 27.9. The average Bonchev–Trinajstić information content (AvgIpc) is 3.33. The van der Waals surface area contributed by atoms with E-state index in [4.69, 9.17) is 0 Å². The molecule has 2 atom stereocenters. The second-order valence-electron chi connectivity index (χ2n) is 9.36. The van der Waals surface area contributed by atoms with E-state index in [1.165, 1.54) is 25.7 Å². The van der Waals surface area contributed by atoms with E-state index in [-0.39, 0.29) is 16.8 Å². The first-order chi connectivity index (χ1) is 14.4. The minimum Gasteiger partial charge on any atom is -0.507 e. The summed E-state index contributed by atoms with van der Waals surface area (Å²) in [5.74, 6) is 1.57. The first kappa shape index (κ1) is 19.1. The number of benzene rings is 1. The molecule has 2 bridgehead atoms. The van der Waals surface area contributed by atoms with E-state index in [9.17, 15) is 5.11 Å². The Morgan fingerprint density at radius 2 is 1.97 bits per heavy atom. The Kier molecular flexibility index (Phi) is 4.50. The van der Waals surface area contributed by atoms with Crippen LogP contribution in [0.1, 0.15) is 39.5 Å². The molecule has 0 saturated carbocycles. The van der Waals surface area contributed by atoms with Gasteiger partial charge in [-0.25, -0.2) is 9.97 Å². The standard InChI is InChI=1S/C23H28N6O/c1-22-5-6-23(2,28-22)11-16(10-22)12-26-21-14-25-19(13-27-21)18-4-3-17(9-20(18)30)29-8-7-24-15-29/h3-4,7-9,13-16,28,30H,5-6,10-12H2,1-2H3,(H,26,27). The second kappa shape index (κ2) is 7.09. The van der Waals surface area contributed by atoms with Gasteiger partial charge in [0.25, 0.3) is 0 Å². The number of imidazole rings is 1. The predicted molar refractivity (Wildman–Crippen MR) is 117 cm³/mol. The van der Waals surface area contributed by atoms with Crippen LogP contribution in [0.4, 0.5) is 5.82 Å². The molecule has 2 fully saturated rings. The van der Waals surface area contributed by atoms with Crippen molar-refractivity contribution in [2.45, 2.75) is 50.6 Å². The van der Waals surface area contributed by atoms with Crippen molar-refractivity contribution in [2.75, 3.05) is 11.9 Å². The van der Waals surface area contributed by atoms with Gasteiger partial charge in [0.2, 0.25) is 0 Å². The number of fused-ring (bicyclic) bond motifs is 2. The van der Waals surface area contributed by atoms with Crippen LogP contribution in [0, 0.1) is 5.92 Å². The zero-order valence-electron chi connectivity index (χ0n) is 17.5. The van der Waals surface area contributed by atoms with Crippen molar-refractivity contribution in [3.63, 3.8) is 0 Å². The molecule has 0 spiro atoms. The monoisotopic (exact) mass is 404 g/mol. The van der Waals surface area contributed by atoms with Crippen LogP contribution < -0.4 is 10.6 Å². The molecule has 2 aliphatic heterocycles. The molecule has 0 amide bonds. The van der Waals surface area contributed by atoms with Crippen molar-refractivity contribution in [1.29, 1.82) is 0 Å².